The first-order valence-corrected chi connectivity index (χ1v) is 7.05. The van der Waals surface area contributed by atoms with Crippen molar-refractivity contribution in [3.63, 3.8) is 0 Å². The van der Waals surface area contributed by atoms with Crippen LogP contribution < -0.4 is 9.47 Å². The summed E-state index contributed by atoms with van der Waals surface area (Å²) in [5, 5.41) is 8.03. The number of hydrogen-bond acceptors (Lipinski definition) is 6. The van der Waals surface area contributed by atoms with Gasteiger partial charge in [0, 0.05) is 0 Å². The van der Waals surface area contributed by atoms with E-state index in [1.807, 2.05) is 0 Å². The molecular weight excluding hydrogens is 392 g/mol. The zero-order valence-electron chi connectivity index (χ0n) is 10.7. The second-order valence-electron chi connectivity index (χ2n) is 3.53. The quantitative estimate of drug-likeness (QED) is 0.561. The maximum absolute atomic E-state index is 5.09. The standard InChI is InChI=1S/C12H10Br2N4O2/c1-19-7-3-5-9(15-11(7)13)17-18-10-6-4-8(20-2)12(14)16-10/h3-6H,1-2H3. The Morgan fingerprint density at radius 1 is 0.800 bits per heavy atom. The fourth-order valence-electron chi connectivity index (χ4n) is 1.34. The lowest BCUT2D eigenvalue weighted by molar-refractivity contribution is 0.409. The van der Waals surface area contributed by atoms with Crippen LogP contribution in [0.1, 0.15) is 0 Å². The topological polar surface area (TPSA) is 69.0 Å². The van der Waals surface area contributed by atoms with E-state index in [-0.39, 0.29) is 0 Å². The van der Waals surface area contributed by atoms with Crippen LogP contribution in [0.4, 0.5) is 11.6 Å². The minimum Gasteiger partial charge on any atom is -0.494 e. The van der Waals surface area contributed by atoms with E-state index in [0.717, 1.165) is 0 Å². The van der Waals surface area contributed by atoms with Crippen molar-refractivity contribution < 1.29 is 9.47 Å². The van der Waals surface area contributed by atoms with Crippen LogP contribution in [0.3, 0.4) is 0 Å². The van der Waals surface area contributed by atoms with E-state index in [4.69, 9.17) is 9.47 Å². The third kappa shape index (κ3) is 3.51. The van der Waals surface area contributed by atoms with Gasteiger partial charge in [0.05, 0.1) is 14.2 Å². The van der Waals surface area contributed by atoms with Gasteiger partial charge >= 0.3 is 0 Å². The summed E-state index contributed by atoms with van der Waals surface area (Å²) in [6.07, 6.45) is 0. The second kappa shape index (κ2) is 6.76. The van der Waals surface area contributed by atoms with E-state index in [2.05, 4.69) is 52.1 Å². The highest BCUT2D eigenvalue weighted by atomic mass is 79.9. The van der Waals surface area contributed by atoms with Gasteiger partial charge in [-0.3, -0.25) is 0 Å². The normalized spacial score (nSPS) is 10.8. The first-order valence-electron chi connectivity index (χ1n) is 5.47. The Morgan fingerprint density at radius 2 is 1.20 bits per heavy atom. The molecule has 0 aliphatic heterocycles. The van der Waals surface area contributed by atoms with Crippen LogP contribution in [-0.4, -0.2) is 24.2 Å². The van der Waals surface area contributed by atoms with Gasteiger partial charge in [-0.2, -0.15) is 0 Å². The fraction of sp³-hybridized carbons (Fsp3) is 0.167. The predicted molar refractivity (Wildman–Crippen MR) is 81.2 cm³/mol. The molecule has 2 heterocycles. The number of halogens is 2. The molecule has 0 amide bonds. The van der Waals surface area contributed by atoms with Crippen LogP contribution >= 0.6 is 31.9 Å². The van der Waals surface area contributed by atoms with Gasteiger partial charge in [-0.1, -0.05) is 0 Å². The molecular formula is C12H10Br2N4O2. The van der Waals surface area contributed by atoms with E-state index in [1.165, 1.54) is 0 Å². The van der Waals surface area contributed by atoms with E-state index >= 15 is 0 Å². The minimum atomic E-state index is 0.450. The number of azo groups is 1. The molecule has 8 heteroatoms. The highest BCUT2D eigenvalue weighted by molar-refractivity contribution is 9.10. The van der Waals surface area contributed by atoms with E-state index in [1.54, 1.807) is 38.5 Å². The number of methoxy groups -OCH3 is 2. The molecule has 0 aliphatic rings. The molecule has 104 valence electrons. The van der Waals surface area contributed by atoms with Gasteiger partial charge in [-0.15, -0.1) is 10.2 Å². The Labute approximate surface area is 132 Å². The van der Waals surface area contributed by atoms with Crippen molar-refractivity contribution >= 4 is 43.5 Å². The molecule has 2 aromatic heterocycles. The summed E-state index contributed by atoms with van der Waals surface area (Å²) in [6.45, 7) is 0. The van der Waals surface area contributed by atoms with Gasteiger partial charge in [0.25, 0.3) is 0 Å². The Bertz CT molecular complexity index is 594. The number of hydrogen-bond donors (Lipinski definition) is 0. The van der Waals surface area contributed by atoms with Crippen molar-refractivity contribution in [1.82, 2.24) is 9.97 Å². The first kappa shape index (κ1) is 14.9. The number of pyridine rings is 2. The smallest absolute Gasteiger partial charge is 0.175 e. The van der Waals surface area contributed by atoms with Gasteiger partial charge < -0.3 is 9.47 Å². The molecule has 0 bridgehead atoms. The zero-order chi connectivity index (χ0) is 14.5. The molecule has 0 saturated heterocycles. The largest absolute Gasteiger partial charge is 0.494 e. The summed E-state index contributed by atoms with van der Waals surface area (Å²) >= 11 is 6.57. The SMILES string of the molecule is COc1ccc(N=Nc2ccc(OC)c(Br)n2)nc1Br. The predicted octanol–water partition coefficient (Wildman–Crippen LogP) is 4.43. The highest BCUT2D eigenvalue weighted by Crippen LogP contribution is 2.28. The molecule has 0 aliphatic carbocycles. The molecule has 0 saturated carbocycles. The number of ether oxygens (including phenoxy) is 2. The Hall–Kier alpha value is -1.54. The van der Waals surface area contributed by atoms with Crippen molar-refractivity contribution in [2.24, 2.45) is 10.2 Å². The highest BCUT2D eigenvalue weighted by Gasteiger charge is 2.04. The summed E-state index contributed by atoms with van der Waals surface area (Å²) in [6, 6.07) is 6.91. The Balaban J connectivity index is 2.20. The molecule has 0 atom stereocenters. The molecule has 2 aromatic rings. The van der Waals surface area contributed by atoms with Gasteiger partial charge in [0.1, 0.15) is 0 Å². The van der Waals surface area contributed by atoms with Gasteiger partial charge in [-0.05, 0) is 56.1 Å². The average molecular weight is 402 g/mol. The first-order chi connectivity index (χ1) is 9.63. The van der Waals surface area contributed by atoms with Crippen LogP contribution in [0.2, 0.25) is 0 Å². The van der Waals surface area contributed by atoms with Crippen LogP contribution in [0.15, 0.2) is 43.7 Å². The fourth-order valence-corrected chi connectivity index (χ4v) is 2.29. The van der Waals surface area contributed by atoms with Gasteiger partial charge in [0.2, 0.25) is 0 Å². The van der Waals surface area contributed by atoms with Gasteiger partial charge in [0.15, 0.2) is 32.3 Å². The van der Waals surface area contributed by atoms with Crippen LogP contribution in [-0.2, 0) is 0 Å². The molecule has 0 N–H and O–H groups in total. The van der Waals surface area contributed by atoms with Crippen LogP contribution in [0.5, 0.6) is 11.5 Å². The van der Waals surface area contributed by atoms with Crippen molar-refractivity contribution in [3.8, 4) is 11.5 Å². The van der Waals surface area contributed by atoms with E-state index in [0.29, 0.717) is 32.3 Å². The van der Waals surface area contributed by atoms with Crippen LogP contribution in [0, 0.1) is 0 Å². The van der Waals surface area contributed by atoms with Crippen molar-refractivity contribution in [2.45, 2.75) is 0 Å². The summed E-state index contributed by atoms with van der Waals surface area (Å²) in [7, 11) is 3.14. The average Bonchev–Trinajstić information content (AvgIpc) is 2.45. The van der Waals surface area contributed by atoms with Crippen molar-refractivity contribution in [2.75, 3.05) is 14.2 Å². The van der Waals surface area contributed by atoms with Crippen molar-refractivity contribution in [1.29, 1.82) is 0 Å². The van der Waals surface area contributed by atoms with E-state index in [9.17, 15) is 0 Å². The lowest BCUT2D eigenvalue weighted by Gasteiger charge is -2.02. The van der Waals surface area contributed by atoms with Crippen LogP contribution in [0.25, 0.3) is 0 Å². The third-order valence-electron chi connectivity index (χ3n) is 2.29. The lowest BCUT2D eigenvalue weighted by atomic mass is 10.4. The second-order valence-corrected chi connectivity index (χ2v) is 5.03. The Kier molecular flexibility index (Phi) is 5.02. The molecule has 0 spiro atoms. The lowest BCUT2D eigenvalue weighted by Crippen LogP contribution is -1.87. The summed E-state index contributed by atoms with van der Waals surface area (Å²) in [4.78, 5) is 8.36. The van der Waals surface area contributed by atoms with Gasteiger partial charge in [-0.25, -0.2) is 9.97 Å². The molecule has 20 heavy (non-hydrogen) atoms. The molecule has 0 fully saturated rings. The monoisotopic (exact) mass is 400 g/mol. The maximum Gasteiger partial charge on any atom is 0.175 e. The molecule has 0 unspecified atom stereocenters. The molecule has 6 nitrogen and oxygen atoms in total. The number of aromatic nitrogens is 2. The minimum absolute atomic E-state index is 0.450. The Morgan fingerprint density at radius 3 is 1.50 bits per heavy atom. The number of rotatable bonds is 4. The molecule has 0 aromatic carbocycles. The summed E-state index contributed by atoms with van der Waals surface area (Å²) in [5.74, 6) is 2.17. The third-order valence-corrected chi connectivity index (χ3v) is 3.43. The molecule has 2 rings (SSSR count). The van der Waals surface area contributed by atoms with E-state index < -0.39 is 0 Å². The maximum atomic E-state index is 5.09. The molecule has 0 radical (unpaired) electrons. The summed E-state index contributed by atoms with van der Waals surface area (Å²) in [5.41, 5.74) is 0. The van der Waals surface area contributed by atoms with Crippen molar-refractivity contribution in [3.05, 3.63) is 33.5 Å². The number of nitrogens with zero attached hydrogens (tertiary/aromatic N) is 4. The zero-order valence-corrected chi connectivity index (χ0v) is 13.8. The summed E-state index contributed by atoms with van der Waals surface area (Å²) < 4.78 is 11.3.